The van der Waals surface area contributed by atoms with E-state index in [4.69, 9.17) is 4.98 Å². The number of aromatic nitrogens is 1. The summed E-state index contributed by atoms with van der Waals surface area (Å²) in [6.07, 6.45) is 0.619. The van der Waals surface area contributed by atoms with Gasteiger partial charge in [0.25, 0.3) is 0 Å². The van der Waals surface area contributed by atoms with Crippen LogP contribution < -0.4 is 0 Å². The number of hydrogen-bond acceptors (Lipinski definition) is 2. The lowest BCUT2D eigenvalue weighted by Gasteiger charge is -2.13. The van der Waals surface area contributed by atoms with Crippen LogP contribution in [0.25, 0.3) is 22.5 Å². The molecule has 3 aromatic rings. The summed E-state index contributed by atoms with van der Waals surface area (Å²) in [4.78, 5) is 16.5. The zero-order valence-corrected chi connectivity index (χ0v) is 12.9. The first-order valence-electron chi connectivity index (χ1n) is 7.58. The maximum atomic E-state index is 11.7. The van der Waals surface area contributed by atoms with Crippen molar-refractivity contribution in [1.29, 1.82) is 0 Å². The van der Waals surface area contributed by atoms with Crippen molar-refractivity contribution in [2.45, 2.75) is 13.3 Å². The van der Waals surface area contributed by atoms with E-state index in [-0.39, 0.29) is 0 Å². The number of rotatable bonds is 4. The van der Waals surface area contributed by atoms with Crippen molar-refractivity contribution < 1.29 is 9.90 Å². The summed E-state index contributed by atoms with van der Waals surface area (Å²) in [5.74, 6) is -0.918. The second-order valence-corrected chi connectivity index (χ2v) is 5.27. The number of pyridine rings is 1. The average molecular weight is 303 g/mol. The van der Waals surface area contributed by atoms with Crippen LogP contribution in [0.5, 0.6) is 0 Å². The van der Waals surface area contributed by atoms with Crippen LogP contribution in [-0.2, 0) is 6.42 Å². The minimum atomic E-state index is -0.918. The molecule has 1 heterocycles. The van der Waals surface area contributed by atoms with Gasteiger partial charge in [0.1, 0.15) is 0 Å². The van der Waals surface area contributed by atoms with Crippen LogP contribution in [0.3, 0.4) is 0 Å². The largest absolute Gasteiger partial charge is 0.478 e. The summed E-state index contributed by atoms with van der Waals surface area (Å²) in [6, 6.07) is 21.1. The second-order valence-electron chi connectivity index (χ2n) is 5.27. The highest BCUT2D eigenvalue weighted by molar-refractivity contribution is 5.93. The highest BCUT2D eigenvalue weighted by atomic mass is 16.4. The minimum Gasteiger partial charge on any atom is -0.478 e. The van der Waals surface area contributed by atoms with Gasteiger partial charge in [-0.05, 0) is 18.1 Å². The molecule has 2 aromatic carbocycles. The molecule has 1 aromatic heterocycles. The molecule has 0 aliphatic carbocycles. The van der Waals surface area contributed by atoms with E-state index in [0.717, 1.165) is 22.4 Å². The average Bonchev–Trinajstić information content (AvgIpc) is 2.62. The Balaban J connectivity index is 2.29. The number of carboxylic acids is 1. The molecule has 0 radical (unpaired) electrons. The Bertz CT molecular complexity index is 827. The van der Waals surface area contributed by atoms with Crippen molar-refractivity contribution in [2.75, 3.05) is 0 Å². The molecule has 0 saturated heterocycles. The fourth-order valence-corrected chi connectivity index (χ4v) is 2.71. The molecule has 0 aliphatic rings. The minimum absolute atomic E-state index is 0.320. The molecule has 114 valence electrons. The molecule has 0 bridgehead atoms. The number of carboxylic acid groups (broad SMARTS) is 1. The Hall–Kier alpha value is -2.94. The lowest BCUT2D eigenvalue weighted by molar-refractivity contribution is 0.0695. The quantitative estimate of drug-likeness (QED) is 0.761. The zero-order valence-electron chi connectivity index (χ0n) is 12.9. The third-order valence-corrected chi connectivity index (χ3v) is 3.83. The van der Waals surface area contributed by atoms with Gasteiger partial charge in [-0.2, -0.15) is 0 Å². The topological polar surface area (TPSA) is 50.2 Å². The van der Waals surface area contributed by atoms with Gasteiger partial charge in [-0.1, -0.05) is 67.6 Å². The van der Waals surface area contributed by atoms with Crippen molar-refractivity contribution in [3.05, 3.63) is 77.9 Å². The first kappa shape index (κ1) is 15.0. The van der Waals surface area contributed by atoms with E-state index in [1.807, 2.05) is 67.6 Å². The van der Waals surface area contributed by atoms with E-state index >= 15 is 0 Å². The molecule has 1 N–H and O–H groups in total. The Morgan fingerprint density at radius 3 is 2.04 bits per heavy atom. The number of nitrogens with zero attached hydrogens (tertiary/aromatic N) is 1. The van der Waals surface area contributed by atoms with Crippen molar-refractivity contribution >= 4 is 5.97 Å². The highest BCUT2D eigenvalue weighted by Gasteiger charge is 2.18. The summed E-state index contributed by atoms with van der Waals surface area (Å²) in [6.45, 7) is 1.96. The van der Waals surface area contributed by atoms with Crippen LogP contribution >= 0.6 is 0 Å². The molecule has 0 spiro atoms. The first-order valence-corrected chi connectivity index (χ1v) is 7.58. The molecule has 0 unspecified atom stereocenters. The number of hydrogen-bond donors (Lipinski definition) is 1. The highest BCUT2D eigenvalue weighted by Crippen LogP contribution is 2.29. The number of benzene rings is 2. The fraction of sp³-hybridized carbons (Fsp3) is 0.100. The maximum absolute atomic E-state index is 11.7. The van der Waals surface area contributed by atoms with E-state index in [1.165, 1.54) is 0 Å². The molecule has 0 saturated carbocycles. The molecule has 0 fully saturated rings. The van der Waals surface area contributed by atoms with Crippen LogP contribution in [0.1, 0.15) is 22.8 Å². The van der Waals surface area contributed by atoms with Crippen LogP contribution in [0.4, 0.5) is 0 Å². The van der Waals surface area contributed by atoms with E-state index in [0.29, 0.717) is 17.7 Å². The second kappa shape index (κ2) is 6.44. The van der Waals surface area contributed by atoms with Gasteiger partial charge >= 0.3 is 5.97 Å². The predicted octanol–water partition coefficient (Wildman–Crippen LogP) is 4.68. The van der Waals surface area contributed by atoms with E-state index in [1.54, 1.807) is 6.07 Å². The monoisotopic (exact) mass is 303 g/mol. The van der Waals surface area contributed by atoms with Gasteiger partial charge in [-0.15, -0.1) is 0 Å². The van der Waals surface area contributed by atoms with Crippen LogP contribution in [-0.4, -0.2) is 16.1 Å². The van der Waals surface area contributed by atoms with Crippen LogP contribution in [0.15, 0.2) is 66.7 Å². The lowest BCUT2D eigenvalue weighted by Crippen LogP contribution is -2.06. The SMILES string of the molecule is CCc1c(C(=O)O)cc(-c2ccccc2)nc1-c1ccccc1. The fourth-order valence-electron chi connectivity index (χ4n) is 2.71. The Morgan fingerprint density at radius 2 is 1.52 bits per heavy atom. The van der Waals surface area contributed by atoms with Crippen molar-refractivity contribution in [3.8, 4) is 22.5 Å². The molecule has 0 atom stereocenters. The van der Waals surface area contributed by atoms with Gasteiger partial charge < -0.3 is 5.11 Å². The van der Waals surface area contributed by atoms with E-state index < -0.39 is 5.97 Å². The number of carbonyl (C=O) groups is 1. The molecular formula is C20H17NO2. The lowest BCUT2D eigenvalue weighted by atomic mass is 9.96. The van der Waals surface area contributed by atoms with Crippen LogP contribution in [0, 0.1) is 0 Å². The van der Waals surface area contributed by atoms with Gasteiger partial charge in [-0.3, -0.25) is 0 Å². The smallest absolute Gasteiger partial charge is 0.336 e. The van der Waals surface area contributed by atoms with Gasteiger partial charge in [0.2, 0.25) is 0 Å². The Morgan fingerprint density at radius 1 is 0.957 bits per heavy atom. The number of aromatic carboxylic acids is 1. The third kappa shape index (κ3) is 2.99. The standard InChI is InChI=1S/C20H17NO2/c1-2-16-17(20(22)23)13-18(14-9-5-3-6-10-14)21-19(16)15-11-7-4-8-12-15/h3-13H,2H2,1H3,(H,22,23). The van der Waals surface area contributed by atoms with E-state index in [9.17, 15) is 9.90 Å². The van der Waals surface area contributed by atoms with Gasteiger partial charge in [0.05, 0.1) is 17.0 Å². The van der Waals surface area contributed by atoms with E-state index in [2.05, 4.69) is 0 Å². The van der Waals surface area contributed by atoms with Crippen LogP contribution in [0.2, 0.25) is 0 Å². The molecule has 0 aliphatic heterocycles. The van der Waals surface area contributed by atoms with Crippen molar-refractivity contribution in [2.24, 2.45) is 0 Å². The molecular weight excluding hydrogens is 286 g/mol. The summed E-state index contributed by atoms with van der Waals surface area (Å²) < 4.78 is 0. The molecule has 3 nitrogen and oxygen atoms in total. The molecule has 3 heteroatoms. The summed E-state index contributed by atoms with van der Waals surface area (Å²) in [7, 11) is 0. The molecule has 3 rings (SSSR count). The summed E-state index contributed by atoms with van der Waals surface area (Å²) in [5.41, 5.74) is 4.36. The Kier molecular flexibility index (Phi) is 4.20. The maximum Gasteiger partial charge on any atom is 0.336 e. The van der Waals surface area contributed by atoms with Crippen molar-refractivity contribution in [3.63, 3.8) is 0 Å². The summed E-state index contributed by atoms with van der Waals surface area (Å²) >= 11 is 0. The first-order chi connectivity index (χ1) is 11.2. The third-order valence-electron chi connectivity index (χ3n) is 3.83. The molecule has 0 amide bonds. The molecule has 23 heavy (non-hydrogen) atoms. The van der Waals surface area contributed by atoms with Gasteiger partial charge in [-0.25, -0.2) is 9.78 Å². The van der Waals surface area contributed by atoms with Gasteiger partial charge in [0, 0.05) is 11.1 Å². The normalized spacial score (nSPS) is 10.5. The van der Waals surface area contributed by atoms with Gasteiger partial charge in [0.15, 0.2) is 0 Å². The summed E-state index contributed by atoms with van der Waals surface area (Å²) in [5, 5.41) is 9.61. The van der Waals surface area contributed by atoms with Crippen molar-refractivity contribution in [1.82, 2.24) is 4.98 Å². The Labute approximate surface area is 135 Å². The predicted molar refractivity (Wildman–Crippen MR) is 91.4 cm³/mol. The zero-order chi connectivity index (χ0) is 16.2.